The van der Waals surface area contributed by atoms with Crippen molar-refractivity contribution in [2.24, 2.45) is 0 Å². The number of allylic oxidation sites excluding steroid dienone is 10. The van der Waals surface area contributed by atoms with Crippen LogP contribution >= 0.6 is 0 Å². The number of carbonyl (C=O) groups is 3. The third-order valence-electron chi connectivity index (χ3n) is 10.8. The molecule has 0 aromatic carbocycles. The molecule has 0 heterocycles. The number of unbranched alkanes of at least 4 members (excludes halogenated alkanes) is 21. The number of carboxylic acid groups (broad SMARTS) is 1. The number of hydrogen-bond acceptors (Lipinski definition) is 7. The zero-order valence-electron chi connectivity index (χ0n) is 41.2. The summed E-state index contributed by atoms with van der Waals surface area (Å²) in [5.41, 5.74) is 0. The Morgan fingerprint density at radius 2 is 0.905 bits per heavy atom. The molecular weight excluding hydrogens is 791 g/mol. The number of carboxylic acids is 1. The molecule has 9 nitrogen and oxygen atoms in total. The van der Waals surface area contributed by atoms with Crippen LogP contribution in [0.15, 0.2) is 60.8 Å². The van der Waals surface area contributed by atoms with E-state index in [1.165, 1.54) is 103 Å². The van der Waals surface area contributed by atoms with Gasteiger partial charge in [0.25, 0.3) is 6.29 Å². The first-order chi connectivity index (χ1) is 30.6. The van der Waals surface area contributed by atoms with E-state index in [2.05, 4.69) is 74.6 Å². The molecule has 0 amide bonds. The Labute approximate surface area is 386 Å². The highest BCUT2D eigenvalue weighted by atomic mass is 16.7. The second-order valence-electron chi connectivity index (χ2n) is 18.1. The van der Waals surface area contributed by atoms with Gasteiger partial charge in [-0.25, -0.2) is 4.79 Å². The van der Waals surface area contributed by atoms with Gasteiger partial charge in [0.1, 0.15) is 13.2 Å². The molecule has 63 heavy (non-hydrogen) atoms. The zero-order chi connectivity index (χ0) is 46.3. The highest BCUT2D eigenvalue weighted by molar-refractivity contribution is 5.71. The fraction of sp³-hybridized carbons (Fsp3) is 0.759. The van der Waals surface area contributed by atoms with Gasteiger partial charge in [0, 0.05) is 12.8 Å². The Kier molecular flexibility index (Phi) is 43.4. The lowest BCUT2D eigenvalue weighted by Crippen LogP contribution is -2.40. The minimum Gasteiger partial charge on any atom is -0.477 e. The Morgan fingerprint density at radius 3 is 1.35 bits per heavy atom. The van der Waals surface area contributed by atoms with Gasteiger partial charge >= 0.3 is 17.9 Å². The standard InChI is InChI=1S/C54H95NO8/c1-6-8-10-12-14-16-18-19-20-21-22-23-24-25-26-27-28-29-30-31-32-33-35-37-39-41-43-45-52(57)63-50(49-62-54(53(58)59)60-47-46-55(3,4)5)48-61-51(56)44-42-40-38-36-34-17-15-13-11-9-7-2/h8,10,14,16,19-20,22-23,25-26,50,54H,6-7,9,11-13,15,17-18,21,24,27-49H2,1-5H3/p+1/b10-8-,16-14-,20-19-,23-22-,26-25-. The second-order valence-corrected chi connectivity index (χ2v) is 18.1. The molecule has 0 fully saturated rings. The number of esters is 2. The Morgan fingerprint density at radius 1 is 0.492 bits per heavy atom. The summed E-state index contributed by atoms with van der Waals surface area (Å²) in [4.78, 5) is 37.2. The molecule has 0 aliphatic carbocycles. The lowest BCUT2D eigenvalue weighted by molar-refractivity contribution is -0.870. The molecule has 0 spiro atoms. The molecule has 0 aliphatic heterocycles. The predicted octanol–water partition coefficient (Wildman–Crippen LogP) is 14.1. The number of carbonyl (C=O) groups excluding carboxylic acids is 2. The third kappa shape index (κ3) is 46.8. The van der Waals surface area contributed by atoms with Gasteiger partial charge in [-0.2, -0.15) is 0 Å². The maximum Gasteiger partial charge on any atom is 0.361 e. The molecule has 0 saturated carbocycles. The van der Waals surface area contributed by atoms with E-state index in [9.17, 15) is 19.5 Å². The highest BCUT2D eigenvalue weighted by Crippen LogP contribution is 2.15. The van der Waals surface area contributed by atoms with Crippen LogP contribution in [0.4, 0.5) is 0 Å². The van der Waals surface area contributed by atoms with Crippen LogP contribution in [0.3, 0.4) is 0 Å². The average molecular weight is 887 g/mol. The van der Waals surface area contributed by atoms with Crippen LogP contribution in [0.5, 0.6) is 0 Å². The molecule has 2 atom stereocenters. The predicted molar refractivity (Wildman–Crippen MR) is 263 cm³/mol. The SMILES string of the molecule is CC/C=C\C/C=C\C/C=C\C/C=C\C/C=C\CCCCCCCCCCCCCC(=O)OC(COC(=O)CCCCCCCCCCCCC)COC(OCC[N+](C)(C)C)C(=O)O. The molecule has 9 heteroatoms. The number of nitrogens with zero attached hydrogens (tertiary/aromatic N) is 1. The van der Waals surface area contributed by atoms with Gasteiger partial charge < -0.3 is 28.5 Å². The first kappa shape index (κ1) is 60.0. The maximum atomic E-state index is 12.8. The van der Waals surface area contributed by atoms with Crippen molar-refractivity contribution >= 4 is 17.9 Å². The van der Waals surface area contributed by atoms with Crippen LogP contribution < -0.4 is 0 Å². The molecular formula is C54H96NO8+. The fourth-order valence-electron chi connectivity index (χ4n) is 6.86. The number of aliphatic carboxylic acids is 1. The summed E-state index contributed by atoms with van der Waals surface area (Å²) in [5, 5.41) is 9.65. The number of rotatable bonds is 46. The topological polar surface area (TPSA) is 108 Å². The molecule has 0 bridgehead atoms. The summed E-state index contributed by atoms with van der Waals surface area (Å²) < 4.78 is 22.8. The van der Waals surface area contributed by atoms with Gasteiger partial charge in [-0.1, -0.05) is 197 Å². The first-order valence-electron chi connectivity index (χ1n) is 25.5. The number of ether oxygens (including phenoxy) is 4. The molecule has 1 N–H and O–H groups in total. The van der Waals surface area contributed by atoms with E-state index < -0.39 is 24.3 Å². The van der Waals surface area contributed by atoms with Crippen LogP contribution in [0.1, 0.15) is 206 Å². The van der Waals surface area contributed by atoms with Crippen molar-refractivity contribution in [2.45, 2.75) is 219 Å². The highest BCUT2D eigenvalue weighted by Gasteiger charge is 2.25. The van der Waals surface area contributed by atoms with Crippen LogP contribution in [0, 0.1) is 0 Å². The minimum atomic E-state index is -1.51. The second kappa shape index (κ2) is 45.6. The van der Waals surface area contributed by atoms with E-state index in [0.29, 0.717) is 17.4 Å². The molecule has 0 aromatic heterocycles. The van der Waals surface area contributed by atoms with E-state index in [1.54, 1.807) is 0 Å². The van der Waals surface area contributed by atoms with Gasteiger partial charge in [-0.15, -0.1) is 0 Å². The molecule has 2 unspecified atom stereocenters. The lowest BCUT2D eigenvalue weighted by Gasteiger charge is -2.25. The molecule has 0 saturated heterocycles. The van der Waals surface area contributed by atoms with Crippen LogP contribution in [-0.4, -0.2) is 87.4 Å². The average Bonchev–Trinajstić information content (AvgIpc) is 3.24. The van der Waals surface area contributed by atoms with Gasteiger partial charge in [-0.05, 0) is 57.8 Å². The summed E-state index contributed by atoms with van der Waals surface area (Å²) in [6, 6.07) is 0. The Hall–Kier alpha value is -3.01. The summed E-state index contributed by atoms with van der Waals surface area (Å²) in [7, 11) is 5.96. The number of quaternary nitrogens is 1. The van der Waals surface area contributed by atoms with E-state index in [-0.39, 0.29) is 32.2 Å². The van der Waals surface area contributed by atoms with E-state index in [1.807, 2.05) is 21.1 Å². The van der Waals surface area contributed by atoms with E-state index >= 15 is 0 Å². The molecule has 0 rings (SSSR count). The third-order valence-corrected chi connectivity index (χ3v) is 10.8. The van der Waals surface area contributed by atoms with Crippen LogP contribution in [0.2, 0.25) is 0 Å². The van der Waals surface area contributed by atoms with Crippen LogP contribution in [0.25, 0.3) is 0 Å². The summed E-state index contributed by atoms with van der Waals surface area (Å²) in [5.74, 6) is -2.01. The quantitative estimate of drug-likeness (QED) is 0.0212. The first-order valence-corrected chi connectivity index (χ1v) is 25.5. The summed E-state index contributed by atoms with van der Waals surface area (Å²) in [6.45, 7) is 4.75. The van der Waals surface area contributed by atoms with E-state index in [0.717, 1.165) is 77.0 Å². The molecule has 0 radical (unpaired) electrons. The minimum absolute atomic E-state index is 0.182. The van der Waals surface area contributed by atoms with Crippen molar-refractivity contribution in [3.05, 3.63) is 60.8 Å². The Balaban J connectivity index is 4.24. The normalized spacial score (nSPS) is 13.3. The molecule has 364 valence electrons. The monoisotopic (exact) mass is 887 g/mol. The van der Waals surface area contributed by atoms with E-state index in [4.69, 9.17) is 18.9 Å². The van der Waals surface area contributed by atoms with Crippen LogP contribution in [-0.2, 0) is 33.3 Å². The van der Waals surface area contributed by atoms with Gasteiger partial charge in [0.05, 0.1) is 34.4 Å². The molecule has 0 aromatic rings. The van der Waals surface area contributed by atoms with Crippen molar-refractivity contribution in [3.63, 3.8) is 0 Å². The van der Waals surface area contributed by atoms with Crippen molar-refractivity contribution in [2.75, 3.05) is 47.5 Å². The Bertz CT molecular complexity index is 1220. The number of likely N-dealkylation sites (N-methyl/N-ethyl adjacent to an activating group) is 1. The van der Waals surface area contributed by atoms with Crippen molar-refractivity contribution < 1.29 is 42.9 Å². The largest absolute Gasteiger partial charge is 0.477 e. The lowest BCUT2D eigenvalue weighted by atomic mass is 10.0. The number of hydrogen-bond donors (Lipinski definition) is 1. The summed E-state index contributed by atoms with van der Waals surface area (Å²) >= 11 is 0. The summed E-state index contributed by atoms with van der Waals surface area (Å²) in [6.07, 6.45) is 52.9. The molecule has 0 aliphatic rings. The van der Waals surface area contributed by atoms with Gasteiger partial charge in [0.15, 0.2) is 6.10 Å². The van der Waals surface area contributed by atoms with Crippen molar-refractivity contribution in [1.82, 2.24) is 0 Å². The van der Waals surface area contributed by atoms with Gasteiger partial charge in [-0.3, -0.25) is 9.59 Å². The van der Waals surface area contributed by atoms with Gasteiger partial charge in [0.2, 0.25) is 0 Å². The zero-order valence-corrected chi connectivity index (χ0v) is 41.2. The van der Waals surface area contributed by atoms with Crippen molar-refractivity contribution in [1.29, 1.82) is 0 Å². The smallest absolute Gasteiger partial charge is 0.361 e. The van der Waals surface area contributed by atoms with Crippen molar-refractivity contribution in [3.8, 4) is 0 Å². The maximum absolute atomic E-state index is 12.8. The fourth-order valence-corrected chi connectivity index (χ4v) is 6.86.